The lowest BCUT2D eigenvalue weighted by Crippen LogP contribution is -1.93. The number of carbonyl (C=O) groups is 1. The molecule has 0 aliphatic heterocycles. The minimum absolute atomic E-state index is 0.370. The molecule has 2 aromatic carbocycles. The zero-order chi connectivity index (χ0) is 13.1. The Morgan fingerprint density at radius 1 is 1.05 bits per heavy atom. The van der Waals surface area contributed by atoms with Gasteiger partial charge in [0.2, 0.25) is 0 Å². The fourth-order valence-electron chi connectivity index (χ4n) is 1.91. The summed E-state index contributed by atoms with van der Waals surface area (Å²) in [6.07, 6.45) is 0.809. The smallest absolute Gasteiger partial charge is 0.150 e. The molecule has 0 radical (unpaired) electrons. The Hall–Kier alpha value is -2.55. The van der Waals surface area contributed by atoms with Crippen LogP contribution in [0.1, 0.15) is 16.1 Å². The average molecular weight is 252 g/mol. The van der Waals surface area contributed by atoms with E-state index in [1.807, 2.05) is 30.3 Å². The van der Waals surface area contributed by atoms with Crippen molar-refractivity contribution < 1.29 is 13.9 Å². The topological polar surface area (TPSA) is 39.4 Å². The van der Waals surface area contributed by atoms with Crippen molar-refractivity contribution in [2.24, 2.45) is 0 Å². The Kier molecular flexibility index (Phi) is 3.02. The summed E-state index contributed by atoms with van der Waals surface area (Å²) in [6.45, 7) is 0.370. The number of aldehydes is 1. The molecule has 0 saturated carbocycles. The van der Waals surface area contributed by atoms with Gasteiger partial charge in [-0.2, -0.15) is 0 Å². The standard InChI is InChI=1S/C16H12O3/c17-10-12-5-7-14(8-6-12)18-11-15-9-13-3-1-2-4-16(13)19-15/h1-10H,11H2. The molecular formula is C16H12O3. The maximum absolute atomic E-state index is 10.5. The van der Waals surface area contributed by atoms with Gasteiger partial charge in [-0.3, -0.25) is 4.79 Å². The maximum atomic E-state index is 10.5. The van der Waals surface area contributed by atoms with Crippen LogP contribution in [0.2, 0.25) is 0 Å². The summed E-state index contributed by atoms with van der Waals surface area (Å²) in [5.74, 6) is 1.49. The average Bonchev–Trinajstić information content (AvgIpc) is 2.88. The van der Waals surface area contributed by atoms with E-state index >= 15 is 0 Å². The molecule has 3 nitrogen and oxygen atoms in total. The Labute approximate surface area is 110 Å². The molecule has 0 aliphatic carbocycles. The van der Waals surface area contributed by atoms with Gasteiger partial charge in [-0.05, 0) is 36.4 Å². The van der Waals surface area contributed by atoms with E-state index in [0.717, 1.165) is 23.0 Å². The van der Waals surface area contributed by atoms with Gasteiger partial charge in [0, 0.05) is 10.9 Å². The van der Waals surface area contributed by atoms with Crippen molar-refractivity contribution >= 4 is 17.3 Å². The van der Waals surface area contributed by atoms with Gasteiger partial charge in [0.1, 0.15) is 30.0 Å². The zero-order valence-electron chi connectivity index (χ0n) is 10.2. The Morgan fingerprint density at radius 2 is 1.84 bits per heavy atom. The van der Waals surface area contributed by atoms with E-state index in [2.05, 4.69) is 0 Å². The van der Waals surface area contributed by atoms with Gasteiger partial charge in [-0.15, -0.1) is 0 Å². The minimum atomic E-state index is 0.370. The van der Waals surface area contributed by atoms with Gasteiger partial charge in [-0.25, -0.2) is 0 Å². The van der Waals surface area contributed by atoms with Crippen molar-refractivity contribution in [3.8, 4) is 5.75 Å². The largest absolute Gasteiger partial charge is 0.486 e. The van der Waals surface area contributed by atoms with Crippen molar-refractivity contribution in [3.05, 3.63) is 65.9 Å². The molecular weight excluding hydrogens is 240 g/mol. The van der Waals surface area contributed by atoms with E-state index in [0.29, 0.717) is 17.9 Å². The SMILES string of the molecule is O=Cc1ccc(OCc2cc3ccccc3o2)cc1. The molecule has 0 atom stereocenters. The highest BCUT2D eigenvalue weighted by atomic mass is 16.5. The number of hydrogen-bond acceptors (Lipinski definition) is 3. The third-order valence-corrected chi connectivity index (χ3v) is 2.87. The van der Waals surface area contributed by atoms with Crippen molar-refractivity contribution in [2.75, 3.05) is 0 Å². The zero-order valence-corrected chi connectivity index (χ0v) is 10.2. The number of benzene rings is 2. The van der Waals surface area contributed by atoms with Crippen LogP contribution in [-0.2, 0) is 6.61 Å². The van der Waals surface area contributed by atoms with Crippen molar-refractivity contribution in [3.63, 3.8) is 0 Å². The predicted octanol–water partition coefficient (Wildman–Crippen LogP) is 3.82. The Balaban J connectivity index is 1.72. The normalized spacial score (nSPS) is 10.5. The summed E-state index contributed by atoms with van der Waals surface area (Å²) in [6, 6.07) is 16.8. The fourth-order valence-corrected chi connectivity index (χ4v) is 1.91. The molecule has 94 valence electrons. The highest BCUT2D eigenvalue weighted by Gasteiger charge is 2.03. The summed E-state index contributed by atoms with van der Waals surface area (Å²) in [7, 11) is 0. The van der Waals surface area contributed by atoms with Gasteiger partial charge < -0.3 is 9.15 Å². The number of carbonyl (C=O) groups excluding carboxylic acids is 1. The van der Waals surface area contributed by atoms with Crippen LogP contribution in [-0.4, -0.2) is 6.29 Å². The molecule has 3 heteroatoms. The number of fused-ring (bicyclic) bond motifs is 1. The van der Waals surface area contributed by atoms with Gasteiger partial charge in [0.25, 0.3) is 0 Å². The maximum Gasteiger partial charge on any atom is 0.150 e. The minimum Gasteiger partial charge on any atom is -0.486 e. The highest BCUT2D eigenvalue weighted by Crippen LogP contribution is 2.20. The molecule has 1 heterocycles. The fraction of sp³-hybridized carbons (Fsp3) is 0.0625. The first-order valence-corrected chi connectivity index (χ1v) is 6.01. The van der Waals surface area contributed by atoms with Crippen LogP contribution in [0.3, 0.4) is 0 Å². The summed E-state index contributed by atoms with van der Waals surface area (Å²) in [5, 5.41) is 1.07. The van der Waals surface area contributed by atoms with Crippen LogP contribution in [0, 0.1) is 0 Å². The molecule has 0 saturated heterocycles. The molecule has 1 aromatic heterocycles. The predicted molar refractivity (Wildman–Crippen MR) is 72.4 cm³/mol. The second-order valence-electron chi connectivity index (χ2n) is 4.23. The lowest BCUT2D eigenvalue weighted by Gasteiger charge is -2.03. The summed E-state index contributed by atoms with van der Waals surface area (Å²) >= 11 is 0. The molecule has 0 bridgehead atoms. The number of rotatable bonds is 4. The number of hydrogen-bond donors (Lipinski definition) is 0. The molecule has 0 spiro atoms. The molecule has 0 aliphatic rings. The molecule has 0 unspecified atom stereocenters. The number of furan rings is 1. The lowest BCUT2D eigenvalue weighted by molar-refractivity contribution is 0.112. The first-order valence-electron chi connectivity index (χ1n) is 6.01. The lowest BCUT2D eigenvalue weighted by atomic mass is 10.2. The van der Waals surface area contributed by atoms with E-state index in [9.17, 15) is 4.79 Å². The first kappa shape index (κ1) is 11.5. The van der Waals surface area contributed by atoms with E-state index in [-0.39, 0.29) is 0 Å². The van der Waals surface area contributed by atoms with E-state index < -0.39 is 0 Å². The quantitative estimate of drug-likeness (QED) is 0.662. The molecule has 3 rings (SSSR count). The third-order valence-electron chi connectivity index (χ3n) is 2.87. The van der Waals surface area contributed by atoms with Gasteiger partial charge >= 0.3 is 0 Å². The van der Waals surface area contributed by atoms with E-state index in [4.69, 9.17) is 9.15 Å². The van der Waals surface area contributed by atoms with Crippen molar-refractivity contribution in [2.45, 2.75) is 6.61 Å². The van der Waals surface area contributed by atoms with Crippen LogP contribution in [0.25, 0.3) is 11.0 Å². The van der Waals surface area contributed by atoms with Gasteiger partial charge in [0.05, 0.1) is 0 Å². The molecule has 0 amide bonds. The summed E-state index contributed by atoms with van der Waals surface area (Å²) < 4.78 is 11.3. The number of ether oxygens (including phenoxy) is 1. The Morgan fingerprint density at radius 3 is 2.58 bits per heavy atom. The third kappa shape index (κ3) is 2.50. The van der Waals surface area contributed by atoms with Crippen molar-refractivity contribution in [1.82, 2.24) is 0 Å². The summed E-state index contributed by atoms with van der Waals surface area (Å²) in [5.41, 5.74) is 1.49. The molecule has 19 heavy (non-hydrogen) atoms. The summed E-state index contributed by atoms with van der Waals surface area (Å²) in [4.78, 5) is 10.5. The first-order chi connectivity index (χ1) is 9.35. The second kappa shape index (κ2) is 4.98. The molecule has 0 fully saturated rings. The van der Waals surface area contributed by atoms with Crippen LogP contribution in [0.15, 0.2) is 59.0 Å². The van der Waals surface area contributed by atoms with E-state index in [1.54, 1.807) is 24.3 Å². The number of para-hydroxylation sites is 1. The van der Waals surface area contributed by atoms with Crippen LogP contribution in [0.4, 0.5) is 0 Å². The molecule has 3 aromatic rings. The van der Waals surface area contributed by atoms with Crippen LogP contribution < -0.4 is 4.74 Å². The van der Waals surface area contributed by atoms with Gasteiger partial charge in [-0.1, -0.05) is 18.2 Å². The van der Waals surface area contributed by atoms with Gasteiger partial charge in [0.15, 0.2) is 0 Å². The molecule has 0 N–H and O–H groups in total. The van der Waals surface area contributed by atoms with E-state index in [1.165, 1.54) is 0 Å². The monoisotopic (exact) mass is 252 g/mol. The Bertz CT molecular complexity index is 662. The van der Waals surface area contributed by atoms with Crippen LogP contribution >= 0.6 is 0 Å². The second-order valence-corrected chi connectivity index (χ2v) is 4.23. The van der Waals surface area contributed by atoms with Crippen LogP contribution in [0.5, 0.6) is 5.75 Å². The van der Waals surface area contributed by atoms with Crippen molar-refractivity contribution in [1.29, 1.82) is 0 Å². The highest BCUT2D eigenvalue weighted by molar-refractivity contribution is 5.77.